The van der Waals surface area contributed by atoms with E-state index < -0.39 is 0 Å². The number of aliphatic hydroxyl groups excluding tert-OH is 1. The molecule has 1 saturated carbocycles. The molecule has 0 bridgehead atoms. The van der Waals surface area contributed by atoms with Gasteiger partial charge in [-0.2, -0.15) is 5.10 Å². The van der Waals surface area contributed by atoms with Gasteiger partial charge < -0.3 is 25.0 Å². The zero-order chi connectivity index (χ0) is 22.3. The molecule has 2 aliphatic rings. The topological polar surface area (TPSA) is 125 Å². The van der Waals surface area contributed by atoms with Gasteiger partial charge in [0.15, 0.2) is 5.65 Å². The number of aliphatic hydroxyl groups is 1. The van der Waals surface area contributed by atoms with Gasteiger partial charge in [0, 0.05) is 37.7 Å². The van der Waals surface area contributed by atoms with Crippen molar-refractivity contribution in [3.63, 3.8) is 0 Å². The van der Waals surface area contributed by atoms with Gasteiger partial charge in [0.05, 0.1) is 25.1 Å². The number of nitrogens with one attached hydrogen (secondary N) is 2. The highest BCUT2D eigenvalue weighted by atomic mass is 16.5. The molecule has 32 heavy (non-hydrogen) atoms. The van der Waals surface area contributed by atoms with E-state index in [9.17, 15) is 14.7 Å². The average molecular weight is 438 g/mol. The lowest BCUT2D eigenvalue weighted by Gasteiger charge is -2.30. The van der Waals surface area contributed by atoms with Gasteiger partial charge in [-0.05, 0) is 36.3 Å². The maximum Gasteiger partial charge on any atom is 0.261 e. The van der Waals surface area contributed by atoms with Crippen LogP contribution in [0.3, 0.4) is 0 Å². The number of hydrogen-bond donors (Lipinski definition) is 3. The van der Waals surface area contributed by atoms with E-state index in [4.69, 9.17) is 4.74 Å². The van der Waals surface area contributed by atoms with E-state index in [0.29, 0.717) is 61.0 Å². The van der Waals surface area contributed by atoms with Crippen LogP contribution in [-0.4, -0.2) is 63.5 Å². The van der Waals surface area contributed by atoms with Gasteiger partial charge in [-0.15, -0.1) is 0 Å². The quantitative estimate of drug-likeness (QED) is 0.526. The summed E-state index contributed by atoms with van der Waals surface area (Å²) in [6, 6.07) is 3.50. The smallest absolute Gasteiger partial charge is 0.261 e. The van der Waals surface area contributed by atoms with Gasteiger partial charge >= 0.3 is 0 Å². The predicted molar refractivity (Wildman–Crippen MR) is 118 cm³/mol. The molecule has 1 unspecified atom stereocenters. The highest BCUT2D eigenvalue weighted by Gasteiger charge is 2.49. The zero-order valence-corrected chi connectivity index (χ0v) is 17.9. The van der Waals surface area contributed by atoms with Crippen molar-refractivity contribution in [2.24, 2.45) is 11.3 Å². The van der Waals surface area contributed by atoms with E-state index in [2.05, 4.69) is 27.3 Å². The monoisotopic (exact) mass is 438 g/mol. The van der Waals surface area contributed by atoms with Crippen LogP contribution in [0, 0.1) is 11.3 Å². The van der Waals surface area contributed by atoms with Crippen molar-refractivity contribution >= 4 is 23.1 Å². The van der Waals surface area contributed by atoms with Crippen molar-refractivity contribution in [2.75, 3.05) is 43.1 Å². The molecule has 0 radical (unpaired) electrons. The summed E-state index contributed by atoms with van der Waals surface area (Å²) in [5.74, 6) is 0.417. The van der Waals surface area contributed by atoms with Crippen LogP contribution in [0.25, 0.3) is 5.65 Å². The van der Waals surface area contributed by atoms with Crippen LogP contribution in [-0.2, 0) is 11.2 Å². The largest absolute Gasteiger partial charge is 0.396 e. The van der Waals surface area contributed by atoms with Crippen LogP contribution >= 0.6 is 0 Å². The minimum atomic E-state index is -0.350. The Morgan fingerprint density at radius 1 is 1.41 bits per heavy atom. The first-order valence-corrected chi connectivity index (χ1v) is 10.8. The Labute approximate surface area is 184 Å². The number of carbonyl (C=O) groups excluding carboxylic acids is 1. The van der Waals surface area contributed by atoms with Crippen LogP contribution in [0.2, 0.25) is 0 Å². The fourth-order valence-corrected chi connectivity index (χ4v) is 4.44. The van der Waals surface area contributed by atoms with E-state index in [0.717, 1.165) is 6.42 Å². The second-order valence-electron chi connectivity index (χ2n) is 8.80. The number of nitrogens with zero attached hydrogens (tertiary/aromatic N) is 4. The molecule has 2 atom stereocenters. The first kappa shape index (κ1) is 20.7. The number of ether oxygens (including phenoxy) is 1. The van der Waals surface area contributed by atoms with Gasteiger partial charge in [-0.25, -0.2) is 9.50 Å². The number of amides is 1. The highest BCUT2D eigenvalue weighted by molar-refractivity contribution is 6.09. The van der Waals surface area contributed by atoms with Crippen LogP contribution in [0.1, 0.15) is 29.3 Å². The molecule has 168 valence electrons. The summed E-state index contributed by atoms with van der Waals surface area (Å²) in [6.07, 6.45) is 6.24. The first-order valence-electron chi connectivity index (χ1n) is 10.8. The van der Waals surface area contributed by atoms with Gasteiger partial charge in [-0.3, -0.25) is 9.59 Å². The zero-order valence-electron chi connectivity index (χ0n) is 17.9. The van der Waals surface area contributed by atoms with Gasteiger partial charge in [-0.1, -0.05) is 6.92 Å². The average Bonchev–Trinajstić information content (AvgIpc) is 3.25. The molecule has 4 heterocycles. The number of hydrogen-bond acceptors (Lipinski definition) is 7. The Bertz CT molecular complexity index is 1210. The van der Waals surface area contributed by atoms with Crippen molar-refractivity contribution in [2.45, 2.75) is 19.8 Å². The maximum atomic E-state index is 13.1. The normalized spacial score (nSPS) is 22.8. The third kappa shape index (κ3) is 3.76. The molecule has 5 rings (SSSR count). The Hall–Kier alpha value is -3.24. The number of anilines is 2. The van der Waals surface area contributed by atoms with E-state index in [1.807, 2.05) is 4.90 Å². The predicted octanol–water partition coefficient (Wildman–Crippen LogP) is 1.07. The van der Waals surface area contributed by atoms with Crippen LogP contribution in [0.4, 0.5) is 11.5 Å². The lowest BCUT2D eigenvalue weighted by atomic mass is 9.96. The number of aromatic nitrogens is 4. The molecule has 0 spiro atoms. The van der Waals surface area contributed by atoms with Crippen LogP contribution in [0.15, 0.2) is 35.5 Å². The van der Waals surface area contributed by atoms with Crippen molar-refractivity contribution in [3.05, 3.63) is 52.2 Å². The SMILES string of the molecule is C[C@]1(Cc2cc(NC(=O)c3cnn4cccnc34)c(N3CCOCC3)[nH]c2=O)CC1CO. The maximum absolute atomic E-state index is 13.1. The number of carbonyl (C=O) groups is 1. The number of pyridine rings is 1. The Kier molecular flexibility index (Phi) is 5.18. The molecule has 1 aliphatic heterocycles. The number of fused-ring (bicyclic) bond motifs is 1. The Morgan fingerprint density at radius 2 is 2.22 bits per heavy atom. The van der Waals surface area contributed by atoms with Crippen LogP contribution in [0.5, 0.6) is 0 Å². The second-order valence-corrected chi connectivity index (χ2v) is 8.80. The lowest BCUT2D eigenvalue weighted by Crippen LogP contribution is -2.38. The number of rotatable bonds is 6. The van der Waals surface area contributed by atoms with Gasteiger partial charge in [0.1, 0.15) is 11.4 Å². The highest BCUT2D eigenvalue weighted by Crippen LogP contribution is 2.53. The lowest BCUT2D eigenvalue weighted by molar-refractivity contribution is 0.102. The molecule has 3 aromatic rings. The molecule has 2 fully saturated rings. The summed E-state index contributed by atoms with van der Waals surface area (Å²) in [5.41, 5.74) is 1.66. The summed E-state index contributed by atoms with van der Waals surface area (Å²) >= 11 is 0. The summed E-state index contributed by atoms with van der Waals surface area (Å²) in [4.78, 5) is 35.3. The number of aromatic amines is 1. The molecule has 10 heteroatoms. The van der Waals surface area contributed by atoms with Gasteiger partial charge in [0.2, 0.25) is 0 Å². The summed E-state index contributed by atoms with van der Waals surface area (Å²) in [6.45, 7) is 4.51. The number of morpholine rings is 1. The van der Waals surface area contributed by atoms with Gasteiger partial charge in [0.25, 0.3) is 11.5 Å². The minimum Gasteiger partial charge on any atom is -0.396 e. The Morgan fingerprint density at radius 3 is 2.97 bits per heavy atom. The van der Waals surface area contributed by atoms with Crippen molar-refractivity contribution < 1.29 is 14.6 Å². The molecular weight excluding hydrogens is 412 g/mol. The summed E-state index contributed by atoms with van der Waals surface area (Å²) in [7, 11) is 0. The van der Waals surface area contributed by atoms with E-state index in [-0.39, 0.29) is 29.4 Å². The molecule has 1 aliphatic carbocycles. The van der Waals surface area contributed by atoms with E-state index in [1.54, 1.807) is 29.0 Å². The summed E-state index contributed by atoms with van der Waals surface area (Å²) in [5, 5.41) is 16.6. The Balaban J connectivity index is 1.50. The fourth-order valence-electron chi connectivity index (χ4n) is 4.44. The molecule has 1 saturated heterocycles. The van der Waals surface area contributed by atoms with Crippen molar-refractivity contribution in [3.8, 4) is 0 Å². The molecule has 0 aromatic carbocycles. The molecule has 1 amide bonds. The standard InChI is InChI=1S/C22H26N6O4/c1-22(11-15(22)13-29)10-14-9-17(19(26-20(14)30)27-5-7-32-8-6-27)25-21(31)16-12-24-28-4-2-3-23-18(16)28/h2-4,9,12,15,29H,5-8,10-11,13H2,1H3,(H,25,31)(H,26,30)/t15?,22-/m0/s1. The fraction of sp³-hybridized carbons (Fsp3) is 0.455. The minimum absolute atomic E-state index is 0.101. The third-order valence-electron chi connectivity index (χ3n) is 6.55. The van der Waals surface area contributed by atoms with Crippen LogP contribution < -0.4 is 15.8 Å². The molecule has 3 aromatic heterocycles. The van der Waals surface area contributed by atoms with E-state index in [1.165, 1.54) is 6.20 Å². The second kappa shape index (κ2) is 8.03. The third-order valence-corrected chi connectivity index (χ3v) is 6.55. The molecule has 3 N–H and O–H groups in total. The molecular formula is C22H26N6O4. The van der Waals surface area contributed by atoms with Crippen molar-refractivity contribution in [1.82, 2.24) is 19.6 Å². The molecule has 10 nitrogen and oxygen atoms in total. The van der Waals surface area contributed by atoms with Crippen molar-refractivity contribution in [1.29, 1.82) is 0 Å². The summed E-state index contributed by atoms with van der Waals surface area (Å²) < 4.78 is 6.98. The first-order chi connectivity index (χ1) is 15.5. The number of H-pyrrole nitrogens is 1. The van der Waals surface area contributed by atoms with E-state index >= 15 is 0 Å².